The Morgan fingerprint density at radius 2 is 1.93 bits per heavy atom. The molecule has 1 amide bonds. The number of nitrogens with one attached hydrogen (secondary N) is 2. The van der Waals surface area contributed by atoms with Crippen molar-refractivity contribution in [2.45, 2.75) is 39.0 Å². The highest BCUT2D eigenvalue weighted by molar-refractivity contribution is 5.78. The van der Waals surface area contributed by atoms with Crippen LogP contribution in [0, 0.1) is 5.92 Å². The second-order valence-electron chi connectivity index (χ2n) is 3.98. The molecule has 2 N–H and O–H groups in total. The molecule has 0 radical (unpaired) electrons. The summed E-state index contributed by atoms with van der Waals surface area (Å²) in [5.74, 6) is 0.563. The summed E-state index contributed by atoms with van der Waals surface area (Å²) in [5.41, 5.74) is 0. The molecule has 0 aromatic heterocycles. The van der Waals surface area contributed by atoms with Crippen molar-refractivity contribution in [3.05, 3.63) is 0 Å². The zero-order chi connectivity index (χ0) is 10.2. The van der Waals surface area contributed by atoms with E-state index in [-0.39, 0.29) is 5.91 Å². The molecule has 0 aliphatic heterocycles. The summed E-state index contributed by atoms with van der Waals surface area (Å²) in [5, 5.41) is 6.18. The summed E-state index contributed by atoms with van der Waals surface area (Å²) in [7, 11) is 0. The molecule has 0 atom stereocenters. The lowest BCUT2D eigenvalue weighted by atomic mass is 9.89. The van der Waals surface area contributed by atoms with Gasteiger partial charge in [0.25, 0.3) is 0 Å². The molecule has 0 aromatic rings. The van der Waals surface area contributed by atoms with Crippen LogP contribution in [0.25, 0.3) is 0 Å². The Labute approximate surface area is 86.6 Å². The molecule has 0 aromatic carbocycles. The first-order valence-electron chi connectivity index (χ1n) is 5.83. The Kier molecular flexibility index (Phi) is 5.60. The molecular weight excluding hydrogens is 176 g/mol. The lowest BCUT2D eigenvalue weighted by molar-refractivity contribution is -0.125. The Hall–Kier alpha value is -0.570. The minimum atomic E-state index is 0.266. The number of likely N-dealkylation sites (N-methyl/N-ethyl adjacent to an activating group) is 1. The molecule has 0 unspecified atom stereocenters. The normalized spacial score (nSPS) is 18.1. The Bertz CT molecular complexity index is 165. The van der Waals surface area contributed by atoms with E-state index < -0.39 is 0 Å². The second-order valence-corrected chi connectivity index (χ2v) is 3.98. The fourth-order valence-corrected chi connectivity index (χ4v) is 1.96. The van der Waals surface area contributed by atoms with E-state index in [0.29, 0.717) is 5.92 Å². The van der Waals surface area contributed by atoms with Crippen LogP contribution in [0.5, 0.6) is 0 Å². The van der Waals surface area contributed by atoms with E-state index in [9.17, 15) is 4.79 Å². The van der Waals surface area contributed by atoms with Crippen molar-refractivity contribution in [2.75, 3.05) is 19.6 Å². The maximum Gasteiger partial charge on any atom is 0.223 e. The topological polar surface area (TPSA) is 41.1 Å². The van der Waals surface area contributed by atoms with E-state index in [4.69, 9.17) is 0 Å². The van der Waals surface area contributed by atoms with Crippen LogP contribution in [-0.2, 0) is 4.79 Å². The molecule has 0 heterocycles. The SMILES string of the molecule is CCNCCNC(=O)C1CCCCC1. The first-order valence-corrected chi connectivity index (χ1v) is 5.83. The van der Waals surface area contributed by atoms with Crippen LogP contribution < -0.4 is 10.6 Å². The Balaban J connectivity index is 2.07. The van der Waals surface area contributed by atoms with Gasteiger partial charge in [0.15, 0.2) is 0 Å². The van der Waals surface area contributed by atoms with E-state index in [1.165, 1.54) is 19.3 Å². The molecule has 0 bridgehead atoms. The Morgan fingerprint density at radius 1 is 1.21 bits per heavy atom. The predicted octanol–water partition coefficient (Wildman–Crippen LogP) is 1.29. The summed E-state index contributed by atoms with van der Waals surface area (Å²) in [6, 6.07) is 0. The van der Waals surface area contributed by atoms with E-state index in [2.05, 4.69) is 17.6 Å². The molecule has 0 saturated heterocycles. The molecule has 1 saturated carbocycles. The quantitative estimate of drug-likeness (QED) is 0.654. The smallest absolute Gasteiger partial charge is 0.223 e. The van der Waals surface area contributed by atoms with Crippen LogP contribution in [0.3, 0.4) is 0 Å². The van der Waals surface area contributed by atoms with Crippen molar-refractivity contribution >= 4 is 5.91 Å². The minimum Gasteiger partial charge on any atom is -0.355 e. The molecule has 1 fully saturated rings. The van der Waals surface area contributed by atoms with Crippen molar-refractivity contribution in [1.29, 1.82) is 0 Å². The van der Waals surface area contributed by atoms with Crippen molar-refractivity contribution in [3.8, 4) is 0 Å². The number of carbonyl (C=O) groups excluding carboxylic acids is 1. The van der Waals surface area contributed by atoms with Crippen molar-refractivity contribution in [3.63, 3.8) is 0 Å². The van der Waals surface area contributed by atoms with Gasteiger partial charge in [-0.05, 0) is 19.4 Å². The highest BCUT2D eigenvalue weighted by atomic mass is 16.1. The number of hydrogen-bond acceptors (Lipinski definition) is 2. The van der Waals surface area contributed by atoms with E-state index in [0.717, 1.165) is 32.5 Å². The van der Waals surface area contributed by atoms with Crippen LogP contribution in [0.4, 0.5) is 0 Å². The van der Waals surface area contributed by atoms with Gasteiger partial charge in [-0.1, -0.05) is 26.2 Å². The fraction of sp³-hybridized carbons (Fsp3) is 0.909. The maximum atomic E-state index is 11.6. The van der Waals surface area contributed by atoms with Gasteiger partial charge >= 0.3 is 0 Å². The molecule has 3 nitrogen and oxygen atoms in total. The van der Waals surface area contributed by atoms with Crippen LogP contribution >= 0.6 is 0 Å². The first kappa shape index (κ1) is 11.5. The molecular formula is C11H22N2O. The summed E-state index contributed by atoms with van der Waals surface area (Å²) < 4.78 is 0. The number of hydrogen-bond donors (Lipinski definition) is 2. The summed E-state index contributed by atoms with van der Waals surface area (Å²) in [6.07, 6.45) is 5.94. The van der Waals surface area contributed by atoms with Gasteiger partial charge in [-0.15, -0.1) is 0 Å². The van der Waals surface area contributed by atoms with E-state index >= 15 is 0 Å². The third-order valence-electron chi connectivity index (χ3n) is 2.83. The molecule has 3 heteroatoms. The second kappa shape index (κ2) is 6.82. The van der Waals surface area contributed by atoms with Crippen LogP contribution in [0.1, 0.15) is 39.0 Å². The van der Waals surface area contributed by atoms with Gasteiger partial charge < -0.3 is 10.6 Å². The van der Waals surface area contributed by atoms with Crippen molar-refractivity contribution in [1.82, 2.24) is 10.6 Å². The molecule has 14 heavy (non-hydrogen) atoms. The van der Waals surface area contributed by atoms with Crippen molar-refractivity contribution in [2.24, 2.45) is 5.92 Å². The lowest BCUT2D eigenvalue weighted by Crippen LogP contribution is -2.36. The first-order chi connectivity index (χ1) is 6.84. The minimum absolute atomic E-state index is 0.266. The third-order valence-corrected chi connectivity index (χ3v) is 2.83. The standard InChI is InChI=1S/C11H22N2O/c1-2-12-8-9-13-11(14)10-6-4-3-5-7-10/h10,12H,2-9H2,1H3,(H,13,14). The van der Waals surface area contributed by atoms with Crippen LogP contribution in [0.15, 0.2) is 0 Å². The number of carbonyl (C=O) groups is 1. The van der Waals surface area contributed by atoms with Gasteiger partial charge in [0, 0.05) is 19.0 Å². The highest BCUT2D eigenvalue weighted by Gasteiger charge is 2.20. The van der Waals surface area contributed by atoms with Gasteiger partial charge in [0.2, 0.25) is 5.91 Å². The number of amides is 1. The zero-order valence-corrected chi connectivity index (χ0v) is 9.14. The Morgan fingerprint density at radius 3 is 2.57 bits per heavy atom. The lowest BCUT2D eigenvalue weighted by Gasteiger charge is -2.20. The average molecular weight is 198 g/mol. The molecule has 1 rings (SSSR count). The molecule has 0 spiro atoms. The molecule has 1 aliphatic rings. The highest BCUT2D eigenvalue weighted by Crippen LogP contribution is 2.23. The largest absolute Gasteiger partial charge is 0.355 e. The zero-order valence-electron chi connectivity index (χ0n) is 9.14. The van der Waals surface area contributed by atoms with Gasteiger partial charge in [-0.3, -0.25) is 4.79 Å². The molecule has 82 valence electrons. The van der Waals surface area contributed by atoms with Crippen LogP contribution in [-0.4, -0.2) is 25.5 Å². The van der Waals surface area contributed by atoms with Gasteiger partial charge in [0.05, 0.1) is 0 Å². The average Bonchev–Trinajstić information content (AvgIpc) is 2.25. The molecule has 1 aliphatic carbocycles. The predicted molar refractivity (Wildman–Crippen MR) is 58.1 cm³/mol. The fourth-order valence-electron chi connectivity index (χ4n) is 1.96. The maximum absolute atomic E-state index is 11.6. The summed E-state index contributed by atoms with van der Waals surface area (Å²) in [4.78, 5) is 11.6. The monoisotopic (exact) mass is 198 g/mol. The van der Waals surface area contributed by atoms with Gasteiger partial charge in [-0.2, -0.15) is 0 Å². The summed E-state index contributed by atoms with van der Waals surface area (Å²) in [6.45, 7) is 4.69. The summed E-state index contributed by atoms with van der Waals surface area (Å²) >= 11 is 0. The van der Waals surface area contributed by atoms with E-state index in [1.807, 2.05) is 0 Å². The van der Waals surface area contributed by atoms with Crippen molar-refractivity contribution < 1.29 is 4.79 Å². The van der Waals surface area contributed by atoms with Crippen LogP contribution in [0.2, 0.25) is 0 Å². The van der Waals surface area contributed by atoms with Gasteiger partial charge in [-0.25, -0.2) is 0 Å². The third kappa shape index (κ3) is 4.09. The van der Waals surface area contributed by atoms with Gasteiger partial charge in [0.1, 0.15) is 0 Å². The van der Waals surface area contributed by atoms with E-state index in [1.54, 1.807) is 0 Å². The number of rotatable bonds is 5.